The maximum absolute atomic E-state index is 2.69. The summed E-state index contributed by atoms with van der Waals surface area (Å²) in [6.07, 6.45) is 9.34. The lowest BCUT2D eigenvalue weighted by atomic mass is 9.90. The van der Waals surface area contributed by atoms with E-state index < -0.39 is 0 Å². The van der Waals surface area contributed by atoms with E-state index in [4.69, 9.17) is 0 Å². The first-order valence-corrected chi connectivity index (χ1v) is 5.28. The first-order valence-electron chi connectivity index (χ1n) is 5.28. The minimum absolute atomic E-state index is 0.902. The topological polar surface area (TPSA) is 3.24 Å². The zero-order chi connectivity index (χ0) is 8.39. The fourth-order valence-electron chi connectivity index (χ4n) is 2.54. The van der Waals surface area contributed by atoms with Crippen LogP contribution in [0.2, 0.25) is 0 Å². The Morgan fingerprint density at radius 1 is 1.33 bits per heavy atom. The van der Waals surface area contributed by atoms with Crippen LogP contribution in [-0.2, 0) is 0 Å². The molecule has 0 bridgehead atoms. The van der Waals surface area contributed by atoms with E-state index in [0.717, 1.165) is 6.04 Å². The van der Waals surface area contributed by atoms with E-state index in [2.05, 4.69) is 17.9 Å². The Kier molecular flexibility index (Phi) is 2.50. The van der Waals surface area contributed by atoms with Gasteiger partial charge in [-0.1, -0.05) is 18.1 Å². The molecule has 2 aliphatic rings. The number of fused-ring (bicyclic) bond motifs is 1. The minimum atomic E-state index is 0.902. The Morgan fingerprint density at radius 2 is 2.25 bits per heavy atom. The predicted molar refractivity (Wildman–Crippen MR) is 52.2 cm³/mol. The molecule has 0 saturated carbocycles. The van der Waals surface area contributed by atoms with Gasteiger partial charge < -0.3 is 0 Å². The zero-order valence-electron chi connectivity index (χ0n) is 8.05. The number of piperidine rings is 2. The van der Waals surface area contributed by atoms with Crippen molar-refractivity contribution in [1.82, 2.24) is 4.90 Å². The molecule has 0 N–H and O–H groups in total. The normalized spacial score (nSPS) is 35.1. The summed E-state index contributed by atoms with van der Waals surface area (Å²) in [5.41, 5.74) is 1.69. The van der Waals surface area contributed by atoms with Crippen LogP contribution in [0.3, 0.4) is 0 Å². The summed E-state index contributed by atoms with van der Waals surface area (Å²) < 4.78 is 0. The maximum atomic E-state index is 2.69. The third-order valence-corrected chi connectivity index (χ3v) is 3.38. The highest BCUT2D eigenvalue weighted by atomic mass is 15.2. The van der Waals surface area contributed by atoms with Crippen molar-refractivity contribution in [2.45, 2.75) is 45.1 Å². The summed E-state index contributed by atoms with van der Waals surface area (Å²) in [5.74, 6) is 0. The van der Waals surface area contributed by atoms with Crippen LogP contribution in [0.5, 0.6) is 0 Å². The van der Waals surface area contributed by atoms with Gasteiger partial charge in [-0.2, -0.15) is 0 Å². The van der Waals surface area contributed by atoms with Gasteiger partial charge in [0, 0.05) is 12.6 Å². The monoisotopic (exact) mass is 165 g/mol. The molecular weight excluding hydrogens is 146 g/mol. The Morgan fingerprint density at radius 3 is 3.08 bits per heavy atom. The van der Waals surface area contributed by atoms with Gasteiger partial charge in [0.15, 0.2) is 0 Å². The van der Waals surface area contributed by atoms with Gasteiger partial charge in [-0.15, -0.1) is 0 Å². The van der Waals surface area contributed by atoms with E-state index in [9.17, 15) is 0 Å². The molecule has 68 valence electrons. The third-order valence-electron chi connectivity index (χ3n) is 3.38. The summed E-state index contributed by atoms with van der Waals surface area (Å²) in [6.45, 7) is 4.87. The fraction of sp³-hybridized carbons (Fsp3) is 0.818. The smallest absolute Gasteiger partial charge is 0.0133 e. The van der Waals surface area contributed by atoms with Crippen LogP contribution in [-0.4, -0.2) is 24.0 Å². The summed E-state index contributed by atoms with van der Waals surface area (Å²) >= 11 is 0. The van der Waals surface area contributed by atoms with Crippen LogP contribution in [0.15, 0.2) is 11.6 Å². The second-order valence-corrected chi connectivity index (χ2v) is 4.09. The quantitative estimate of drug-likeness (QED) is 0.499. The molecular formula is C11H19N. The van der Waals surface area contributed by atoms with E-state index in [1.165, 1.54) is 45.2 Å². The lowest BCUT2D eigenvalue weighted by Crippen LogP contribution is -2.43. The van der Waals surface area contributed by atoms with Gasteiger partial charge in [-0.3, -0.25) is 4.90 Å². The second-order valence-electron chi connectivity index (χ2n) is 4.09. The first kappa shape index (κ1) is 8.31. The largest absolute Gasteiger partial charge is 0.300 e. The Balaban J connectivity index is 1.98. The van der Waals surface area contributed by atoms with E-state index >= 15 is 0 Å². The third kappa shape index (κ3) is 1.56. The van der Waals surface area contributed by atoms with Crippen LogP contribution in [0, 0.1) is 0 Å². The zero-order valence-corrected chi connectivity index (χ0v) is 8.05. The van der Waals surface area contributed by atoms with Crippen molar-refractivity contribution in [2.24, 2.45) is 0 Å². The number of nitrogens with zero attached hydrogens (tertiary/aromatic N) is 1. The highest BCUT2D eigenvalue weighted by Crippen LogP contribution is 2.28. The van der Waals surface area contributed by atoms with Crippen molar-refractivity contribution >= 4 is 0 Å². The highest BCUT2D eigenvalue weighted by molar-refractivity contribution is 5.07. The van der Waals surface area contributed by atoms with Crippen molar-refractivity contribution in [3.05, 3.63) is 11.6 Å². The summed E-state index contributed by atoms with van der Waals surface area (Å²) in [7, 11) is 0. The van der Waals surface area contributed by atoms with Gasteiger partial charge in [0.1, 0.15) is 0 Å². The molecule has 1 heteroatoms. The molecule has 0 spiro atoms. The van der Waals surface area contributed by atoms with Gasteiger partial charge in [0.2, 0.25) is 0 Å². The van der Waals surface area contributed by atoms with E-state index in [1.807, 2.05) is 0 Å². The standard InChI is InChI=1S/C11H19N/c1-2-10-6-8-12-7-4-3-5-11(12)9-10/h2,11H,3-9H2,1H3/b10-2-. The van der Waals surface area contributed by atoms with Gasteiger partial charge in [-0.05, 0) is 39.2 Å². The lowest BCUT2D eigenvalue weighted by Gasteiger charge is -2.40. The van der Waals surface area contributed by atoms with Crippen LogP contribution < -0.4 is 0 Å². The average molecular weight is 165 g/mol. The Hall–Kier alpha value is -0.300. The summed E-state index contributed by atoms with van der Waals surface area (Å²) in [6, 6.07) is 0.902. The molecule has 0 aliphatic carbocycles. The van der Waals surface area contributed by atoms with E-state index in [-0.39, 0.29) is 0 Å². The van der Waals surface area contributed by atoms with Gasteiger partial charge in [0.25, 0.3) is 0 Å². The van der Waals surface area contributed by atoms with E-state index in [0.29, 0.717) is 0 Å². The number of hydrogen-bond donors (Lipinski definition) is 0. The summed E-state index contributed by atoms with van der Waals surface area (Å²) in [5, 5.41) is 0. The molecule has 12 heavy (non-hydrogen) atoms. The molecule has 2 fully saturated rings. The molecule has 0 radical (unpaired) electrons. The van der Waals surface area contributed by atoms with Crippen LogP contribution in [0.25, 0.3) is 0 Å². The molecule has 0 amide bonds. The fourth-order valence-corrected chi connectivity index (χ4v) is 2.54. The number of rotatable bonds is 0. The molecule has 2 heterocycles. The molecule has 0 aromatic rings. The average Bonchev–Trinajstić information content (AvgIpc) is 2.17. The molecule has 1 unspecified atom stereocenters. The molecule has 2 saturated heterocycles. The van der Waals surface area contributed by atoms with Crippen molar-refractivity contribution in [3.8, 4) is 0 Å². The van der Waals surface area contributed by atoms with Gasteiger partial charge in [-0.25, -0.2) is 0 Å². The van der Waals surface area contributed by atoms with Crippen molar-refractivity contribution in [3.63, 3.8) is 0 Å². The molecule has 0 aromatic heterocycles. The molecule has 1 atom stereocenters. The predicted octanol–water partition coefficient (Wildman–Crippen LogP) is 2.58. The van der Waals surface area contributed by atoms with Crippen LogP contribution in [0.1, 0.15) is 39.0 Å². The van der Waals surface area contributed by atoms with Crippen LogP contribution >= 0.6 is 0 Å². The van der Waals surface area contributed by atoms with Gasteiger partial charge >= 0.3 is 0 Å². The first-order chi connectivity index (χ1) is 5.90. The van der Waals surface area contributed by atoms with Gasteiger partial charge in [0.05, 0.1) is 0 Å². The molecule has 2 aliphatic heterocycles. The number of hydrogen-bond acceptors (Lipinski definition) is 1. The Bertz CT molecular complexity index is 183. The van der Waals surface area contributed by atoms with Crippen molar-refractivity contribution in [2.75, 3.05) is 13.1 Å². The molecule has 2 rings (SSSR count). The highest BCUT2D eigenvalue weighted by Gasteiger charge is 2.26. The molecule has 0 aromatic carbocycles. The SMILES string of the molecule is C/C=C1/CCN2CCCCC2C1. The number of allylic oxidation sites excluding steroid dienone is 1. The second kappa shape index (κ2) is 3.61. The summed E-state index contributed by atoms with van der Waals surface area (Å²) in [4.78, 5) is 2.69. The maximum Gasteiger partial charge on any atom is 0.0133 e. The lowest BCUT2D eigenvalue weighted by molar-refractivity contribution is 0.130. The Labute approximate surface area is 75.4 Å². The van der Waals surface area contributed by atoms with Crippen molar-refractivity contribution < 1.29 is 0 Å². The van der Waals surface area contributed by atoms with E-state index in [1.54, 1.807) is 5.57 Å². The molecule has 1 nitrogen and oxygen atoms in total. The van der Waals surface area contributed by atoms with Crippen LogP contribution in [0.4, 0.5) is 0 Å². The minimum Gasteiger partial charge on any atom is -0.300 e. The van der Waals surface area contributed by atoms with Crippen molar-refractivity contribution in [1.29, 1.82) is 0 Å².